The van der Waals surface area contributed by atoms with Gasteiger partial charge >= 0.3 is 0 Å². The Bertz CT molecular complexity index is 1190. The number of rotatable bonds is 6. The number of benzene rings is 4. The number of carbonyl (C=O) groups excluding carboxylic acids is 1. The van der Waals surface area contributed by atoms with Crippen molar-refractivity contribution < 1.29 is 9.18 Å². The van der Waals surface area contributed by atoms with Gasteiger partial charge in [0.25, 0.3) is 5.91 Å². The molecule has 0 aliphatic rings. The zero-order valence-electron chi connectivity index (χ0n) is 19.9. The average Bonchev–Trinajstić information content (AvgIpc) is 2.85. The highest BCUT2D eigenvalue weighted by atomic mass is 19.1. The Morgan fingerprint density at radius 3 is 1.74 bits per heavy atom. The second-order valence-electron chi connectivity index (χ2n) is 9.58. The molecule has 0 atom stereocenters. The monoisotopic (exact) mass is 451 g/mol. The Morgan fingerprint density at radius 2 is 1.24 bits per heavy atom. The molecule has 0 aliphatic carbocycles. The van der Waals surface area contributed by atoms with Crippen molar-refractivity contribution >= 4 is 5.91 Å². The first-order valence-corrected chi connectivity index (χ1v) is 11.6. The highest BCUT2D eigenvalue weighted by molar-refractivity contribution is 5.95. The number of carbonyl (C=O) groups is 1. The highest BCUT2D eigenvalue weighted by Gasteiger charge is 2.29. The van der Waals surface area contributed by atoms with Crippen molar-refractivity contribution in [3.63, 3.8) is 0 Å². The molecule has 0 bridgehead atoms. The molecule has 3 heteroatoms. The van der Waals surface area contributed by atoms with E-state index < -0.39 is 5.82 Å². The first-order chi connectivity index (χ1) is 16.3. The lowest BCUT2D eigenvalue weighted by Crippen LogP contribution is -2.35. The summed E-state index contributed by atoms with van der Waals surface area (Å²) in [4.78, 5) is 15.6. The van der Waals surface area contributed by atoms with Gasteiger partial charge in [0.2, 0.25) is 0 Å². The molecule has 4 aromatic rings. The minimum absolute atomic E-state index is 0.0395. The molecule has 0 aromatic heterocycles. The summed E-state index contributed by atoms with van der Waals surface area (Å²) in [6.45, 7) is 6.89. The first-order valence-electron chi connectivity index (χ1n) is 11.6. The zero-order chi connectivity index (χ0) is 24.1. The van der Waals surface area contributed by atoms with Crippen molar-refractivity contribution in [2.75, 3.05) is 0 Å². The third kappa shape index (κ3) is 5.26. The molecule has 0 spiro atoms. The molecular weight excluding hydrogens is 421 g/mol. The van der Waals surface area contributed by atoms with Gasteiger partial charge in [-0.25, -0.2) is 4.39 Å². The molecule has 4 rings (SSSR count). The second kappa shape index (κ2) is 10.0. The van der Waals surface area contributed by atoms with Gasteiger partial charge < -0.3 is 4.90 Å². The van der Waals surface area contributed by atoms with Crippen molar-refractivity contribution in [2.45, 2.75) is 38.8 Å². The average molecular weight is 452 g/mol. The number of nitrogens with zero attached hydrogens (tertiary/aromatic N) is 1. The van der Waals surface area contributed by atoms with Gasteiger partial charge in [-0.05, 0) is 39.8 Å². The van der Waals surface area contributed by atoms with Crippen LogP contribution in [0.1, 0.15) is 59.4 Å². The fourth-order valence-corrected chi connectivity index (χ4v) is 4.20. The third-order valence-electron chi connectivity index (χ3n) is 6.08. The van der Waals surface area contributed by atoms with Gasteiger partial charge in [0.05, 0.1) is 11.6 Å². The van der Waals surface area contributed by atoms with Crippen molar-refractivity contribution in [1.82, 2.24) is 4.90 Å². The summed E-state index contributed by atoms with van der Waals surface area (Å²) in [6, 6.07) is 34.0. The van der Waals surface area contributed by atoms with Crippen LogP contribution in [0.3, 0.4) is 0 Å². The van der Waals surface area contributed by atoms with Crippen LogP contribution in [0, 0.1) is 5.82 Å². The van der Waals surface area contributed by atoms with E-state index in [0.29, 0.717) is 6.54 Å². The van der Waals surface area contributed by atoms with Gasteiger partial charge in [0, 0.05) is 6.54 Å². The van der Waals surface area contributed by atoms with Crippen molar-refractivity contribution in [2.24, 2.45) is 0 Å². The lowest BCUT2D eigenvalue weighted by Gasteiger charge is -2.33. The Morgan fingerprint density at radius 1 is 0.735 bits per heavy atom. The minimum atomic E-state index is -0.513. The Kier molecular flexibility index (Phi) is 6.93. The van der Waals surface area contributed by atoms with Gasteiger partial charge in [0.15, 0.2) is 0 Å². The van der Waals surface area contributed by atoms with Gasteiger partial charge in [-0.3, -0.25) is 4.79 Å². The fourth-order valence-electron chi connectivity index (χ4n) is 4.20. The predicted octanol–water partition coefficient (Wildman–Crippen LogP) is 7.56. The molecule has 34 heavy (non-hydrogen) atoms. The van der Waals surface area contributed by atoms with Gasteiger partial charge in [-0.1, -0.05) is 118 Å². The quantitative estimate of drug-likeness (QED) is 0.296. The topological polar surface area (TPSA) is 20.3 Å². The van der Waals surface area contributed by atoms with E-state index in [0.717, 1.165) is 16.7 Å². The van der Waals surface area contributed by atoms with Gasteiger partial charge in [-0.2, -0.15) is 0 Å². The summed E-state index contributed by atoms with van der Waals surface area (Å²) in [6.07, 6.45) is 0. The number of amides is 1. The van der Waals surface area contributed by atoms with E-state index in [1.54, 1.807) is 23.1 Å². The Hall–Kier alpha value is -3.72. The van der Waals surface area contributed by atoms with Crippen LogP contribution < -0.4 is 0 Å². The molecule has 2 nitrogen and oxygen atoms in total. The van der Waals surface area contributed by atoms with E-state index in [9.17, 15) is 9.18 Å². The van der Waals surface area contributed by atoms with Crippen LogP contribution in [0.25, 0.3) is 0 Å². The zero-order valence-corrected chi connectivity index (χ0v) is 19.9. The summed E-state index contributed by atoms with van der Waals surface area (Å²) < 4.78 is 14.7. The molecular formula is C31H30FNO. The van der Waals surface area contributed by atoms with Gasteiger partial charge in [0.1, 0.15) is 5.82 Å². The van der Waals surface area contributed by atoms with Crippen LogP contribution in [0.15, 0.2) is 109 Å². The molecule has 0 heterocycles. The minimum Gasteiger partial charge on any atom is -0.323 e. The smallest absolute Gasteiger partial charge is 0.257 e. The van der Waals surface area contributed by atoms with E-state index in [4.69, 9.17) is 0 Å². The third-order valence-corrected chi connectivity index (χ3v) is 6.08. The standard InChI is InChI=1S/C31H30FNO/c1-31(2,3)26-20-18-23(19-21-26)22-33(30(34)27-16-10-11-17-28(27)32)29(24-12-6-4-7-13-24)25-14-8-5-9-15-25/h4-21,29H,22H2,1-3H3. The summed E-state index contributed by atoms with van der Waals surface area (Å²) in [7, 11) is 0. The molecule has 0 unspecified atom stereocenters. The first kappa shape index (κ1) is 23.4. The number of hydrogen-bond donors (Lipinski definition) is 0. The molecule has 0 N–H and O–H groups in total. The van der Waals surface area contributed by atoms with Crippen molar-refractivity contribution in [3.8, 4) is 0 Å². The van der Waals surface area contributed by atoms with E-state index in [1.165, 1.54) is 11.6 Å². The molecule has 1 amide bonds. The largest absolute Gasteiger partial charge is 0.323 e. The molecule has 0 aliphatic heterocycles. The van der Waals surface area contributed by atoms with Crippen LogP contribution in [0.5, 0.6) is 0 Å². The van der Waals surface area contributed by atoms with Crippen LogP contribution in [0.2, 0.25) is 0 Å². The number of hydrogen-bond acceptors (Lipinski definition) is 1. The Balaban J connectivity index is 1.82. The van der Waals surface area contributed by atoms with E-state index in [1.807, 2.05) is 60.7 Å². The van der Waals surface area contributed by atoms with Crippen LogP contribution >= 0.6 is 0 Å². The molecule has 0 saturated carbocycles. The number of halogens is 1. The highest BCUT2D eigenvalue weighted by Crippen LogP contribution is 2.32. The lowest BCUT2D eigenvalue weighted by atomic mass is 9.86. The second-order valence-corrected chi connectivity index (χ2v) is 9.58. The Labute approximate surface area is 201 Å². The van der Waals surface area contributed by atoms with E-state index in [-0.39, 0.29) is 22.9 Å². The summed E-state index contributed by atoms with van der Waals surface area (Å²) in [5.74, 6) is -0.851. The SMILES string of the molecule is CC(C)(C)c1ccc(CN(C(=O)c2ccccc2F)C(c2ccccc2)c2ccccc2)cc1. The molecule has 0 saturated heterocycles. The van der Waals surface area contributed by atoms with Crippen molar-refractivity contribution in [1.29, 1.82) is 0 Å². The van der Waals surface area contributed by atoms with E-state index >= 15 is 0 Å². The maximum Gasteiger partial charge on any atom is 0.257 e. The summed E-state index contributed by atoms with van der Waals surface area (Å²) >= 11 is 0. The molecule has 4 aromatic carbocycles. The summed E-state index contributed by atoms with van der Waals surface area (Å²) in [5, 5.41) is 0. The molecule has 0 fully saturated rings. The lowest BCUT2D eigenvalue weighted by molar-refractivity contribution is 0.0686. The predicted molar refractivity (Wildman–Crippen MR) is 136 cm³/mol. The normalized spacial score (nSPS) is 11.4. The van der Waals surface area contributed by atoms with E-state index in [2.05, 4.69) is 45.0 Å². The maximum absolute atomic E-state index is 14.7. The molecule has 0 radical (unpaired) electrons. The van der Waals surface area contributed by atoms with Gasteiger partial charge in [-0.15, -0.1) is 0 Å². The fraction of sp³-hybridized carbons (Fsp3) is 0.194. The van der Waals surface area contributed by atoms with Crippen LogP contribution in [0.4, 0.5) is 4.39 Å². The maximum atomic E-state index is 14.7. The summed E-state index contributed by atoms with van der Waals surface area (Å²) in [5.41, 5.74) is 4.29. The van der Waals surface area contributed by atoms with Crippen molar-refractivity contribution in [3.05, 3.63) is 143 Å². The van der Waals surface area contributed by atoms with Crippen LogP contribution in [-0.4, -0.2) is 10.8 Å². The van der Waals surface area contributed by atoms with Crippen LogP contribution in [-0.2, 0) is 12.0 Å². The molecule has 172 valence electrons.